The first-order chi connectivity index (χ1) is 6.31. The number of nitrogens with zero attached hydrogens (tertiary/aromatic N) is 2. The van der Waals surface area contributed by atoms with Crippen molar-refractivity contribution in [2.45, 2.75) is 5.33 Å². The van der Waals surface area contributed by atoms with Gasteiger partial charge in [-0.1, -0.05) is 27.5 Å². The van der Waals surface area contributed by atoms with Gasteiger partial charge in [0.15, 0.2) is 0 Å². The lowest BCUT2D eigenvalue weighted by Gasteiger charge is -1.96. The van der Waals surface area contributed by atoms with E-state index in [9.17, 15) is 0 Å². The van der Waals surface area contributed by atoms with Crippen molar-refractivity contribution in [3.05, 3.63) is 34.0 Å². The van der Waals surface area contributed by atoms with Crippen LogP contribution in [0, 0.1) is 0 Å². The van der Waals surface area contributed by atoms with Gasteiger partial charge in [0.25, 0.3) is 0 Å². The molecular formula is C8H6BrClN2S. The summed E-state index contributed by atoms with van der Waals surface area (Å²) in [6.07, 6.45) is 3.73. The van der Waals surface area contributed by atoms with Crippen LogP contribution in [0.5, 0.6) is 0 Å². The third-order valence-corrected chi connectivity index (χ3v) is 3.37. The van der Waals surface area contributed by atoms with E-state index in [1.54, 1.807) is 6.33 Å². The van der Waals surface area contributed by atoms with E-state index in [2.05, 4.69) is 20.9 Å². The Morgan fingerprint density at radius 3 is 3.00 bits per heavy atom. The highest BCUT2D eigenvalue weighted by Crippen LogP contribution is 2.26. The summed E-state index contributed by atoms with van der Waals surface area (Å²) in [4.78, 5) is 4.19. The molecule has 0 aromatic carbocycles. The Morgan fingerprint density at radius 2 is 2.46 bits per heavy atom. The fourth-order valence-corrected chi connectivity index (χ4v) is 2.25. The van der Waals surface area contributed by atoms with Crippen molar-refractivity contribution in [3.8, 4) is 5.69 Å². The normalized spacial score (nSPS) is 10.6. The molecule has 0 fully saturated rings. The summed E-state index contributed by atoms with van der Waals surface area (Å²) < 4.78 is 2.72. The highest BCUT2D eigenvalue weighted by Gasteiger charge is 2.04. The molecule has 0 aliphatic carbocycles. The van der Waals surface area contributed by atoms with Crippen molar-refractivity contribution >= 4 is 38.9 Å². The van der Waals surface area contributed by atoms with Crippen LogP contribution in [0.2, 0.25) is 4.34 Å². The highest BCUT2D eigenvalue weighted by atomic mass is 79.9. The molecule has 0 aliphatic rings. The minimum atomic E-state index is 0.766. The van der Waals surface area contributed by atoms with Gasteiger partial charge < -0.3 is 4.57 Å². The summed E-state index contributed by atoms with van der Waals surface area (Å²) in [6, 6.07) is 1.98. The average Bonchev–Trinajstić information content (AvgIpc) is 2.71. The molecule has 0 saturated carbocycles. The van der Waals surface area contributed by atoms with E-state index in [4.69, 9.17) is 11.6 Å². The number of rotatable bonds is 2. The molecule has 5 heteroatoms. The fraction of sp³-hybridized carbons (Fsp3) is 0.125. The number of hydrogen-bond acceptors (Lipinski definition) is 2. The molecule has 0 unspecified atom stereocenters. The van der Waals surface area contributed by atoms with Gasteiger partial charge in [-0.15, -0.1) is 11.3 Å². The van der Waals surface area contributed by atoms with Crippen molar-refractivity contribution in [3.63, 3.8) is 0 Å². The predicted molar refractivity (Wildman–Crippen MR) is 59.1 cm³/mol. The molecule has 0 aliphatic heterocycles. The van der Waals surface area contributed by atoms with Gasteiger partial charge in [-0.25, -0.2) is 4.98 Å². The van der Waals surface area contributed by atoms with Crippen LogP contribution in [0.15, 0.2) is 24.0 Å². The molecule has 0 saturated heterocycles. The van der Waals surface area contributed by atoms with E-state index in [0.717, 1.165) is 21.0 Å². The smallest absolute Gasteiger partial charge is 0.117 e. The van der Waals surface area contributed by atoms with Crippen LogP contribution in [0.3, 0.4) is 0 Å². The second-order valence-electron chi connectivity index (χ2n) is 2.49. The Bertz CT molecular complexity index is 410. The molecule has 0 atom stereocenters. The van der Waals surface area contributed by atoms with Gasteiger partial charge in [0.1, 0.15) is 4.34 Å². The maximum absolute atomic E-state index is 5.98. The van der Waals surface area contributed by atoms with Crippen molar-refractivity contribution in [2.75, 3.05) is 0 Å². The van der Waals surface area contributed by atoms with Crippen LogP contribution >= 0.6 is 38.9 Å². The van der Waals surface area contributed by atoms with Gasteiger partial charge in [0.05, 0.1) is 17.7 Å². The van der Waals surface area contributed by atoms with Crippen molar-refractivity contribution in [1.82, 2.24) is 9.55 Å². The number of alkyl halides is 1. The van der Waals surface area contributed by atoms with Gasteiger partial charge in [0.2, 0.25) is 0 Å². The van der Waals surface area contributed by atoms with Gasteiger partial charge in [-0.3, -0.25) is 0 Å². The Labute approximate surface area is 93.3 Å². The van der Waals surface area contributed by atoms with Gasteiger partial charge in [-0.2, -0.15) is 0 Å². The third-order valence-electron chi connectivity index (χ3n) is 1.65. The molecule has 0 N–H and O–H groups in total. The summed E-state index contributed by atoms with van der Waals surface area (Å²) in [6.45, 7) is 0. The van der Waals surface area contributed by atoms with Crippen LogP contribution in [0.25, 0.3) is 5.69 Å². The largest absolute Gasteiger partial charge is 0.304 e. The maximum Gasteiger partial charge on any atom is 0.117 e. The lowest BCUT2D eigenvalue weighted by molar-refractivity contribution is 1.07. The molecule has 2 heterocycles. The first kappa shape index (κ1) is 9.24. The Hall–Kier alpha value is -0.320. The van der Waals surface area contributed by atoms with E-state index < -0.39 is 0 Å². The van der Waals surface area contributed by atoms with Crippen LogP contribution in [0.1, 0.15) is 5.69 Å². The first-order valence-corrected chi connectivity index (χ1v) is 6.01. The number of imidazole rings is 1. The third kappa shape index (κ3) is 1.80. The standard InChI is InChI=1S/C8H6BrClN2S/c9-3-6-4-12(5-11-6)7-1-2-13-8(7)10/h1-2,4-5H,3H2. The molecule has 0 spiro atoms. The second kappa shape index (κ2) is 3.82. The fourth-order valence-electron chi connectivity index (χ4n) is 1.04. The summed E-state index contributed by atoms with van der Waals surface area (Å²) in [5, 5.41) is 2.73. The van der Waals surface area contributed by atoms with Crippen LogP contribution < -0.4 is 0 Å². The number of aromatic nitrogens is 2. The zero-order valence-electron chi connectivity index (χ0n) is 6.58. The van der Waals surface area contributed by atoms with Crippen LogP contribution in [0.4, 0.5) is 0 Å². The Kier molecular flexibility index (Phi) is 2.71. The molecule has 68 valence electrons. The molecule has 0 bridgehead atoms. The van der Waals surface area contributed by atoms with E-state index in [1.165, 1.54) is 11.3 Å². The predicted octanol–water partition coefficient (Wildman–Crippen LogP) is 3.48. The van der Waals surface area contributed by atoms with Crippen molar-refractivity contribution < 1.29 is 0 Å². The summed E-state index contributed by atoms with van der Waals surface area (Å²) >= 11 is 10.9. The Morgan fingerprint density at radius 1 is 1.62 bits per heavy atom. The molecule has 2 rings (SSSR count). The monoisotopic (exact) mass is 276 g/mol. The highest BCUT2D eigenvalue weighted by molar-refractivity contribution is 9.08. The maximum atomic E-state index is 5.98. The van der Waals surface area contributed by atoms with Crippen molar-refractivity contribution in [1.29, 1.82) is 0 Å². The Balaban J connectivity index is 2.41. The SMILES string of the molecule is Clc1sccc1-n1cnc(CBr)c1. The van der Waals surface area contributed by atoms with Gasteiger partial charge in [0, 0.05) is 11.5 Å². The van der Waals surface area contributed by atoms with E-state index in [1.807, 2.05) is 22.2 Å². The first-order valence-electron chi connectivity index (χ1n) is 3.63. The minimum Gasteiger partial charge on any atom is -0.304 e. The molecule has 0 radical (unpaired) electrons. The number of halogens is 2. The topological polar surface area (TPSA) is 17.8 Å². The molecule has 13 heavy (non-hydrogen) atoms. The summed E-state index contributed by atoms with van der Waals surface area (Å²) in [5.41, 5.74) is 1.99. The van der Waals surface area contributed by atoms with Crippen LogP contribution in [-0.2, 0) is 5.33 Å². The molecular weight excluding hydrogens is 272 g/mol. The van der Waals surface area contributed by atoms with Crippen molar-refractivity contribution in [2.24, 2.45) is 0 Å². The zero-order chi connectivity index (χ0) is 9.26. The molecule has 0 amide bonds. The minimum absolute atomic E-state index is 0.766. The molecule has 2 aromatic rings. The lowest BCUT2D eigenvalue weighted by Crippen LogP contribution is -1.86. The number of thiophene rings is 1. The quantitative estimate of drug-likeness (QED) is 0.769. The van der Waals surface area contributed by atoms with Gasteiger partial charge >= 0.3 is 0 Å². The van der Waals surface area contributed by atoms with Gasteiger partial charge in [-0.05, 0) is 11.4 Å². The molecule has 2 aromatic heterocycles. The second-order valence-corrected chi connectivity index (χ2v) is 4.56. The van der Waals surface area contributed by atoms with E-state index in [-0.39, 0.29) is 0 Å². The van der Waals surface area contributed by atoms with E-state index in [0.29, 0.717) is 0 Å². The average molecular weight is 278 g/mol. The summed E-state index contributed by atoms with van der Waals surface area (Å²) in [5.74, 6) is 0. The zero-order valence-corrected chi connectivity index (χ0v) is 9.73. The lowest BCUT2D eigenvalue weighted by atomic mass is 10.5. The van der Waals surface area contributed by atoms with Crippen LogP contribution in [-0.4, -0.2) is 9.55 Å². The molecule has 2 nitrogen and oxygen atoms in total. The number of hydrogen-bond donors (Lipinski definition) is 0. The summed E-state index contributed by atoms with van der Waals surface area (Å²) in [7, 11) is 0. The van der Waals surface area contributed by atoms with E-state index >= 15 is 0 Å².